The monoisotopic (exact) mass is 296 g/mol. The molecule has 1 aliphatic heterocycles. The topological polar surface area (TPSA) is 78.4 Å². The van der Waals surface area contributed by atoms with E-state index in [1.165, 1.54) is 11.5 Å². The highest BCUT2D eigenvalue weighted by Gasteiger charge is 2.43. The minimum Gasteiger partial charge on any atom is -0.389 e. The molecule has 0 unspecified atom stereocenters. The molecule has 2 atom stereocenters. The molecule has 2 N–H and O–H groups in total. The highest BCUT2D eigenvalue weighted by atomic mass is 32.1. The van der Waals surface area contributed by atoms with E-state index in [1.807, 2.05) is 0 Å². The summed E-state index contributed by atoms with van der Waals surface area (Å²) < 4.78 is 4.05. The zero-order valence-electron chi connectivity index (χ0n) is 11.6. The van der Waals surface area contributed by atoms with Crippen LogP contribution in [0.15, 0.2) is 0 Å². The summed E-state index contributed by atoms with van der Waals surface area (Å²) in [6.07, 6.45) is 4.82. The third-order valence-corrected chi connectivity index (χ3v) is 5.18. The molecular formula is C13H20N4O2S. The number of anilines is 1. The summed E-state index contributed by atoms with van der Waals surface area (Å²) in [6.45, 7) is 3.05. The van der Waals surface area contributed by atoms with Crippen LogP contribution in [0.3, 0.4) is 0 Å². The molecule has 1 aromatic heterocycles. The van der Waals surface area contributed by atoms with Crippen molar-refractivity contribution < 1.29 is 9.90 Å². The number of rotatable bonds is 1. The number of nitrogens with one attached hydrogen (secondary N) is 1. The van der Waals surface area contributed by atoms with Crippen LogP contribution in [0.1, 0.15) is 37.9 Å². The fourth-order valence-electron chi connectivity index (χ4n) is 3.27. The quantitative estimate of drug-likeness (QED) is 0.831. The Labute approximate surface area is 122 Å². The first-order valence-electron chi connectivity index (χ1n) is 7.15. The van der Waals surface area contributed by atoms with Crippen LogP contribution in [0, 0.1) is 12.8 Å². The largest absolute Gasteiger partial charge is 0.389 e. The van der Waals surface area contributed by atoms with Crippen LogP contribution in [0.4, 0.5) is 9.93 Å². The maximum atomic E-state index is 12.2. The van der Waals surface area contributed by atoms with Crippen molar-refractivity contribution in [3.63, 3.8) is 0 Å². The van der Waals surface area contributed by atoms with Crippen molar-refractivity contribution in [3.8, 4) is 0 Å². The summed E-state index contributed by atoms with van der Waals surface area (Å²) in [5.74, 6) is 0.887. The first-order valence-corrected chi connectivity index (χ1v) is 7.93. The van der Waals surface area contributed by atoms with Gasteiger partial charge in [0, 0.05) is 30.5 Å². The van der Waals surface area contributed by atoms with Crippen LogP contribution < -0.4 is 5.32 Å². The molecule has 6 nitrogen and oxygen atoms in total. The maximum absolute atomic E-state index is 12.2. The molecule has 1 aliphatic carbocycles. The second kappa shape index (κ2) is 5.29. The number of aliphatic hydroxyl groups is 1. The second-order valence-electron chi connectivity index (χ2n) is 5.82. The van der Waals surface area contributed by atoms with Crippen molar-refractivity contribution in [2.75, 3.05) is 18.4 Å². The summed E-state index contributed by atoms with van der Waals surface area (Å²) in [4.78, 5) is 18.2. The van der Waals surface area contributed by atoms with Crippen LogP contribution in [-0.2, 0) is 0 Å². The first-order chi connectivity index (χ1) is 9.57. The molecule has 7 heteroatoms. The number of nitrogens with zero attached hydrogens (tertiary/aromatic N) is 3. The van der Waals surface area contributed by atoms with Gasteiger partial charge in [0.1, 0.15) is 5.82 Å². The molecule has 110 valence electrons. The second-order valence-corrected chi connectivity index (χ2v) is 6.57. The Kier molecular flexibility index (Phi) is 3.64. The van der Waals surface area contributed by atoms with Crippen molar-refractivity contribution in [2.45, 2.75) is 44.6 Å². The van der Waals surface area contributed by atoms with Gasteiger partial charge >= 0.3 is 6.03 Å². The van der Waals surface area contributed by atoms with E-state index in [0.29, 0.717) is 30.5 Å². The summed E-state index contributed by atoms with van der Waals surface area (Å²) in [5, 5.41) is 13.9. The predicted octanol–water partition coefficient (Wildman–Crippen LogP) is 2.01. The molecule has 2 amide bonds. The normalized spacial score (nSPS) is 29.9. The van der Waals surface area contributed by atoms with E-state index in [1.54, 1.807) is 11.8 Å². The summed E-state index contributed by atoms with van der Waals surface area (Å²) >= 11 is 1.19. The Bertz CT molecular complexity index is 506. The van der Waals surface area contributed by atoms with Crippen LogP contribution in [-0.4, -0.2) is 44.1 Å². The zero-order valence-corrected chi connectivity index (χ0v) is 12.4. The molecule has 0 radical (unpaired) electrons. The number of fused-ring (bicyclic) bond motifs is 1. The number of hydrogen-bond donors (Lipinski definition) is 2. The van der Waals surface area contributed by atoms with Gasteiger partial charge in [0.25, 0.3) is 0 Å². The van der Waals surface area contributed by atoms with Gasteiger partial charge in [-0.3, -0.25) is 5.32 Å². The molecule has 0 bridgehead atoms. The van der Waals surface area contributed by atoms with Gasteiger partial charge in [0.15, 0.2) is 0 Å². The summed E-state index contributed by atoms with van der Waals surface area (Å²) in [6, 6.07) is -0.131. The molecule has 2 fully saturated rings. The molecule has 2 heterocycles. The van der Waals surface area contributed by atoms with Gasteiger partial charge in [-0.05, 0) is 26.2 Å². The van der Waals surface area contributed by atoms with Gasteiger partial charge in [0.2, 0.25) is 5.13 Å². The fourth-order valence-corrected chi connectivity index (χ4v) is 3.84. The highest BCUT2D eigenvalue weighted by Crippen LogP contribution is 2.39. The number of piperidine rings is 1. The first kappa shape index (κ1) is 13.8. The van der Waals surface area contributed by atoms with E-state index in [9.17, 15) is 9.90 Å². The lowest BCUT2D eigenvalue weighted by atomic mass is 9.71. The van der Waals surface area contributed by atoms with E-state index < -0.39 is 5.60 Å². The lowest BCUT2D eigenvalue weighted by Gasteiger charge is -2.47. The Morgan fingerprint density at radius 3 is 3.10 bits per heavy atom. The smallest absolute Gasteiger partial charge is 0.323 e. The highest BCUT2D eigenvalue weighted by molar-refractivity contribution is 7.09. The van der Waals surface area contributed by atoms with Crippen molar-refractivity contribution in [1.82, 2.24) is 14.3 Å². The lowest BCUT2D eigenvalue weighted by molar-refractivity contribution is -0.0863. The van der Waals surface area contributed by atoms with E-state index in [4.69, 9.17) is 0 Å². The number of hydrogen-bond acceptors (Lipinski definition) is 5. The van der Waals surface area contributed by atoms with E-state index in [-0.39, 0.29) is 11.9 Å². The molecule has 20 heavy (non-hydrogen) atoms. The zero-order chi connectivity index (χ0) is 14.2. The van der Waals surface area contributed by atoms with Crippen LogP contribution in [0.2, 0.25) is 0 Å². The van der Waals surface area contributed by atoms with Crippen molar-refractivity contribution in [1.29, 1.82) is 0 Å². The van der Waals surface area contributed by atoms with E-state index in [2.05, 4.69) is 14.7 Å². The lowest BCUT2D eigenvalue weighted by Crippen LogP contribution is -2.55. The van der Waals surface area contributed by atoms with Gasteiger partial charge in [0.05, 0.1) is 5.60 Å². The molecule has 2 aliphatic rings. The Morgan fingerprint density at radius 1 is 1.50 bits per heavy atom. The van der Waals surface area contributed by atoms with Crippen LogP contribution in [0.5, 0.6) is 0 Å². The number of carbonyl (C=O) groups is 1. The minimum absolute atomic E-state index is 0.131. The molecule has 3 rings (SSSR count). The number of likely N-dealkylation sites (tertiary alicyclic amines) is 1. The number of aromatic nitrogens is 2. The van der Waals surface area contributed by atoms with Crippen molar-refractivity contribution in [3.05, 3.63) is 5.82 Å². The third-order valence-electron chi connectivity index (χ3n) is 4.46. The SMILES string of the molecule is Cc1nsc(NC(=O)N2CC[C@@]3(O)CCCC[C@H]3C2)n1. The van der Waals surface area contributed by atoms with Gasteiger partial charge in [-0.15, -0.1) is 0 Å². The van der Waals surface area contributed by atoms with Gasteiger partial charge in [-0.2, -0.15) is 4.37 Å². The Hall–Kier alpha value is -1.21. The van der Waals surface area contributed by atoms with Crippen LogP contribution in [0.25, 0.3) is 0 Å². The average Bonchev–Trinajstić information content (AvgIpc) is 2.83. The molecule has 1 saturated carbocycles. The summed E-state index contributed by atoms with van der Waals surface area (Å²) in [7, 11) is 0. The number of amides is 2. The molecule has 0 aromatic carbocycles. The Balaban J connectivity index is 1.62. The summed E-state index contributed by atoms with van der Waals surface area (Å²) in [5.41, 5.74) is -0.547. The van der Waals surface area contributed by atoms with Crippen molar-refractivity contribution in [2.24, 2.45) is 5.92 Å². The number of aryl methyl sites for hydroxylation is 1. The Morgan fingerprint density at radius 2 is 2.35 bits per heavy atom. The van der Waals surface area contributed by atoms with E-state index in [0.717, 1.165) is 25.7 Å². The third kappa shape index (κ3) is 2.64. The van der Waals surface area contributed by atoms with Gasteiger partial charge in [-0.1, -0.05) is 12.8 Å². The van der Waals surface area contributed by atoms with Gasteiger partial charge in [-0.25, -0.2) is 9.78 Å². The predicted molar refractivity (Wildman–Crippen MR) is 76.8 cm³/mol. The minimum atomic E-state index is -0.547. The number of carbonyl (C=O) groups excluding carboxylic acids is 1. The molecule has 1 aromatic rings. The fraction of sp³-hybridized carbons (Fsp3) is 0.769. The van der Waals surface area contributed by atoms with Gasteiger partial charge < -0.3 is 10.0 Å². The van der Waals surface area contributed by atoms with Crippen molar-refractivity contribution >= 4 is 22.7 Å². The molecule has 1 saturated heterocycles. The van der Waals surface area contributed by atoms with E-state index >= 15 is 0 Å². The maximum Gasteiger partial charge on any atom is 0.323 e. The molecular weight excluding hydrogens is 276 g/mol. The standard InChI is InChI=1S/C13H20N4O2S/c1-9-14-11(20-16-9)15-12(18)17-7-6-13(19)5-3-2-4-10(13)8-17/h10,19H,2-8H2,1H3,(H,14,15,16,18)/t10-,13-/m0/s1. The average molecular weight is 296 g/mol. The molecule has 0 spiro atoms. The van der Waals surface area contributed by atoms with Crippen LogP contribution >= 0.6 is 11.5 Å². The number of urea groups is 1.